The molecular weight excluding hydrogens is 618 g/mol. The maximum atomic E-state index is 13.3. The van der Waals surface area contributed by atoms with E-state index in [2.05, 4.69) is 10.6 Å². The number of likely N-dealkylation sites (tertiary alicyclic amines) is 1. The predicted molar refractivity (Wildman–Crippen MR) is 178 cm³/mol. The molecule has 48 heavy (non-hydrogen) atoms. The molecule has 2 aromatic rings. The molecule has 2 aliphatic rings. The lowest BCUT2D eigenvalue weighted by Crippen LogP contribution is -2.59. The molecule has 3 atom stereocenters. The van der Waals surface area contributed by atoms with Crippen LogP contribution in [0.3, 0.4) is 0 Å². The monoisotopic (exact) mass is 669 g/mol. The van der Waals surface area contributed by atoms with Crippen LogP contribution in [-0.4, -0.2) is 90.6 Å². The normalized spacial score (nSPS) is 22.0. The van der Waals surface area contributed by atoms with Gasteiger partial charge in [-0.3, -0.25) is 4.79 Å². The summed E-state index contributed by atoms with van der Waals surface area (Å²) >= 11 is 0. The number of amides is 2. The Morgan fingerprint density at radius 2 is 1.54 bits per heavy atom. The van der Waals surface area contributed by atoms with E-state index < -0.39 is 36.1 Å². The minimum absolute atomic E-state index is 0.0294. The fraction of sp³-hybridized carbons (Fsp3) is 0.583. The van der Waals surface area contributed by atoms with Crippen LogP contribution in [0.4, 0.5) is 9.59 Å². The number of hydrogen-bond acceptors (Lipinski definition) is 10. The summed E-state index contributed by atoms with van der Waals surface area (Å²) in [5.74, 6) is -0.462. The van der Waals surface area contributed by atoms with Crippen molar-refractivity contribution in [3.63, 3.8) is 0 Å². The van der Waals surface area contributed by atoms with Gasteiger partial charge in [0.1, 0.15) is 18.8 Å². The van der Waals surface area contributed by atoms with Gasteiger partial charge in [-0.15, -0.1) is 0 Å². The highest BCUT2D eigenvalue weighted by Crippen LogP contribution is 2.25. The van der Waals surface area contributed by atoms with Crippen LogP contribution in [0.25, 0.3) is 0 Å². The average molecular weight is 670 g/mol. The Morgan fingerprint density at radius 1 is 0.896 bits per heavy atom. The largest absolute Gasteiger partial charge is 0.459 e. The van der Waals surface area contributed by atoms with Crippen LogP contribution < -0.4 is 10.6 Å². The third-order valence-corrected chi connectivity index (χ3v) is 8.30. The Kier molecular flexibility index (Phi) is 14.5. The smallest absolute Gasteiger partial charge is 0.410 e. The number of aliphatic hydroxyl groups is 1. The van der Waals surface area contributed by atoms with Crippen molar-refractivity contribution in [2.75, 3.05) is 26.3 Å². The number of alkyl carbamates (subject to hydrolysis) is 1. The van der Waals surface area contributed by atoms with E-state index in [1.807, 2.05) is 81.4 Å². The van der Waals surface area contributed by atoms with E-state index in [9.17, 15) is 19.5 Å². The molecular formula is C36H51N3O9. The van der Waals surface area contributed by atoms with Crippen LogP contribution in [-0.2, 0) is 41.7 Å². The number of ether oxygens (including phenoxy) is 5. The molecule has 1 heterocycles. The van der Waals surface area contributed by atoms with Gasteiger partial charge in [-0.1, -0.05) is 60.7 Å². The SMILES string of the molecule is CC(C)(C)OC(=O)N[C@H]1CCCN(C(=O)OCc2ccccc2)[C@H]1COC1CCC(NCC(=O)OCC(O)OCc2ccccc2)CC1. The van der Waals surface area contributed by atoms with Crippen molar-refractivity contribution in [2.24, 2.45) is 0 Å². The molecule has 12 nitrogen and oxygen atoms in total. The Balaban J connectivity index is 1.21. The quantitative estimate of drug-likeness (QED) is 0.147. The van der Waals surface area contributed by atoms with Crippen molar-refractivity contribution < 1.29 is 43.2 Å². The van der Waals surface area contributed by atoms with Crippen molar-refractivity contribution in [2.45, 2.75) is 109 Å². The summed E-state index contributed by atoms with van der Waals surface area (Å²) < 4.78 is 28.0. The van der Waals surface area contributed by atoms with Gasteiger partial charge in [0.15, 0.2) is 6.29 Å². The minimum Gasteiger partial charge on any atom is -0.459 e. The molecule has 2 amide bonds. The summed E-state index contributed by atoms with van der Waals surface area (Å²) in [6, 6.07) is 18.3. The summed E-state index contributed by atoms with van der Waals surface area (Å²) in [6.07, 6.45) is 2.32. The lowest BCUT2D eigenvalue weighted by molar-refractivity contribution is -0.167. The van der Waals surface area contributed by atoms with Gasteiger partial charge in [0.25, 0.3) is 0 Å². The van der Waals surface area contributed by atoms with Gasteiger partial charge in [-0.05, 0) is 70.4 Å². The second-order valence-corrected chi connectivity index (χ2v) is 13.3. The fourth-order valence-electron chi connectivity index (χ4n) is 5.85. The first-order valence-electron chi connectivity index (χ1n) is 16.9. The second kappa shape index (κ2) is 18.7. The number of carbonyl (C=O) groups is 3. The topological polar surface area (TPSA) is 145 Å². The molecule has 1 unspecified atom stereocenters. The van der Waals surface area contributed by atoms with Crippen molar-refractivity contribution in [1.29, 1.82) is 0 Å². The van der Waals surface area contributed by atoms with Crippen LogP contribution in [0.1, 0.15) is 70.4 Å². The van der Waals surface area contributed by atoms with E-state index in [0.29, 0.717) is 19.4 Å². The highest BCUT2D eigenvalue weighted by Gasteiger charge is 2.38. The van der Waals surface area contributed by atoms with Gasteiger partial charge in [-0.2, -0.15) is 0 Å². The number of hydrogen-bond donors (Lipinski definition) is 3. The summed E-state index contributed by atoms with van der Waals surface area (Å²) in [6.45, 7) is 6.33. The molecule has 0 aromatic heterocycles. The van der Waals surface area contributed by atoms with E-state index in [1.165, 1.54) is 0 Å². The predicted octanol–water partition coefficient (Wildman–Crippen LogP) is 4.68. The van der Waals surface area contributed by atoms with Gasteiger partial charge in [0.05, 0.1) is 37.9 Å². The van der Waals surface area contributed by atoms with Gasteiger partial charge >= 0.3 is 18.2 Å². The van der Waals surface area contributed by atoms with Crippen LogP contribution in [0, 0.1) is 0 Å². The van der Waals surface area contributed by atoms with Crippen molar-refractivity contribution >= 4 is 18.2 Å². The first-order chi connectivity index (χ1) is 23.1. The number of nitrogens with one attached hydrogen (secondary N) is 2. The molecule has 4 rings (SSSR count). The van der Waals surface area contributed by atoms with Crippen molar-refractivity contribution in [3.8, 4) is 0 Å². The van der Waals surface area contributed by atoms with Gasteiger partial charge < -0.3 is 44.3 Å². The molecule has 12 heteroatoms. The van der Waals surface area contributed by atoms with Crippen molar-refractivity contribution in [1.82, 2.24) is 15.5 Å². The van der Waals surface area contributed by atoms with Crippen LogP contribution >= 0.6 is 0 Å². The molecule has 1 saturated heterocycles. The maximum absolute atomic E-state index is 13.3. The second-order valence-electron chi connectivity index (χ2n) is 13.3. The summed E-state index contributed by atoms with van der Waals surface area (Å²) in [7, 11) is 0. The zero-order valence-corrected chi connectivity index (χ0v) is 28.3. The highest BCUT2D eigenvalue weighted by molar-refractivity contribution is 5.71. The molecule has 2 aromatic carbocycles. The third-order valence-electron chi connectivity index (χ3n) is 8.30. The molecule has 2 fully saturated rings. The first-order valence-corrected chi connectivity index (χ1v) is 16.9. The number of piperidine rings is 1. The molecule has 1 saturated carbocycles. The number of rotatable bonds is 14. The van der Waals surface area contributed by atoms with Crippen LogP contribution in [0.15, 0.2) is 60.7 Å². The number of esters is 1. The molecule has 1 aliphatic heterocycles. The number of carbonyl (C=O) groups excluding carboxylic acids is 3. The zero-order chi connectivity index (χ0) is 34.4. The van der Waals surface area contributed by atoms with Gasteiger partial charge in [0, 0.05) is 12.6 Å². The minimum atomic E-state index is -1.20. The van der Waals surface area contributed by atoms with Crippen molar-refractivity contribution in [3.05, 3.63) is 71.8 Å². The van der Waals surface area contributed by atoms with E-state index >= 15 is 0 Å². The summed E-state index contributed by atoms with van der Waals surface area (Å²) in [4.78, 5) is 39.9. The number of aliphatic hydroxyl groups excluding tert-OH is 1. The molecule has 264 valence electrons. The molecule has 0 bridgehead atoms. The standard InChI is InChI=1S/C36H51N3O9/c1-36(2,3)48-34(42)38-30-15-10-20-39(35(43)47-23-27-13-8-5-9-14-27)31(30)24-44-29-18-16-28(17-19-29)37-21-32(40)46-25-33(41)45-22-26-11-6-4-7-12-26/h4-9,11-14,28-31,33,37,41H,10,15-25H2,1-3H3,(H,38,42)/t28?,29?,30-,31-,33?/m0/s1. The summed E-state index contributed by atoms with van der Waals surface area (Å²) in [5.41, 5.74) is 1.16. The zero-order valence-electron chi connectivity index (χ0n) is 28.3. The van der Waals surface area contributed by atoms with E-state index in [-0.39, 0.29) is 51.2 Å². The lowest BCUT2D eigenvalue weighted by Gasteiger charge is -2.41. The lowest BCUT2D eigenvalue weighted by atomic mass is 9.92. The van der Waals surface area contributed by atoms with Gasteiger partial charge in [-0.25, -0.2) is 9.59 Å². The van der Waals surface area contributed by atoms with Gasteiger partial charge in [0.2, 0.25) is 0 Å². The molecule has 0 spiro atoms. The Bertz CT molecular complexity index is 1270. The highest BCUT2D eigenvalue weighted by atomic mass is 16.6. The molecule has 1 aliphatic carbocycles. The van der Waals surface area contributed by atoms with Crippen LogP contribution in [0.5, 0.6) is 0 Å². The first kappa shape index (κ1) is 37.1. The Hall–Kier alpha value is -3.71. The number of benzene rings is 2. The molecule has 3 N–H and O–H groups in total. The third kappa shape index (κ3) is 13.1. The maximum Gasteiger partial charge on any atom is 0.410 e. The Labute approximate surface area is 283 Å². The van der Waals surface area contributed by atoms with Crippen LogP contribution in [0.2, 0.25) is 0 Å². The fourth-order valence-corrected chi connectivity index (χ4v) is 5.85. The summed E-state index contributed by atoms with van der Waals surface area (Å²) in [5, 5.41) is 16.2. The van der Waals surface area contributed by atoms with E-state index in [1.54, 1.807) is 4.90 Å². The average Bonchev–Trinajstić information content (AvgIpc) is 3.07. The Morgan fingerprint density at radius 3 is 2.19 bits per heavy atom. The molecule has 0 radical (unpaired) electrons. The number of nitrogens with zero attached hydrogens (tertiary/aromatic N) is 1. The van der Waals surface area contributed by atoms with E-state index in [4.69, 9.17) is 23.7 Å². The van der Waals surface area contributed by atoms with E-state index in [0.717, 1.165) is 36.8 Å².